The van der Waals surface area contributed by atoms with Crippen molar-refractivity contribution in [2.24, 2.45) is 0 Å². The van der Waals surface area contributed by atoms with E-state index in [0.717, 1.165) is 37.1 Å². The number of carbonyl (C=O) groups is 1. The molecule has 1 fully saturated rings. The zero-order chi connectivity index (χ0) is 24.5. The number of fused-ring (bicyclic) bond motifs is 2. The zero-order valence-electron chi connectivity index (χ0n) is 21.5. The van der Waals surface area contributed by atoms with E-state index in [1.807, 2.05) is 30.9 Å². The molecule has 2 aromatic carbocycles. The highest BCUT2D eigenvalue weighted by Gasteiger charge is 2.38. The molecule has 0 spiro atoms. The van der Waals surface area contributed by atoms with Crippen molar-refractivity contribution >= 4 is 16.9 Å². The summed E-state index contributed by atoms with van der Waals surface area (Å²) < 4.78 is 7.44. The Kier molecular flexibility index (Phi) is 6.74. The van der Waals surface area contributed by atoms with Gasteiger partial charge in [0.1, 0.15) is 5.75 Å². The van der Waals surface area contributed by atoms with Crippen LogP contribution in [0.4, 0.5) is 4.79 Å². The summed E-state index contributed by atoms with van der Waals surface area (Å²) in [4.78, 5) is 17.6. The number of nitrogens with zero attached hydrogens (tertiary/aromatic N) is 3. The first-order chi connectivity index (χ1) is 17.0. The zero-order valence-corrected chi connectivity index (χ0v) is 21.5. The molecule has 3 aromatic rings. The van der Waals surface area contributed by atoms with Crippen molar-refractivity contribution in [3.05, 3.63) is 64.8 Å². The molecule has 2 aliphatic rings. The van der Waals surface area contributed by atoms with Crippen LogP contribution >= 0.6 is 0 Å². The molecule has 1 aliphatic carbocycles. The Morgan fingerprint density at radius 3 is 2.60 bits per heavy atom. The number of amides is 2. The quantitative estimate of drug-likeness (QED) is 0.514. The van der Waals surface area contributed by atoms with Gasteiger partial charge in [-0.25, -0.2) is 10.2 Å². The van der Waals surface area contributed by atoms with Crippen LogP contribution in [0.2, 0.25) is 0 Å². The van der Waals surface area contributed by atoms with Gasteiger partial charge in [0.2, 0.25) is 0 Å². The lowest BCUT2D eigenvalue weighted by atomic mass is 9.74. The Hall–Kier alpha value is -2.99. The predicted octanol–water partition coefficient (Wildman–Crippen LogP) is 5.17. The van der Waals surface area contributed by atoms with Gasteiger partial charge < -0.3 is 14.5 Å². The van der Waals surface area contributed by atoms with Crippen molar-refractivity contribution in [3.8, 4) is 5.75 Å². The van der Waals surface area contributed by atoms with E-state index in [9.17, 15) is 4.79 Å². The molecule has 0 radical (unpaired) electrons. The van der Waals surface area contributed by atoms with Gasteiger partial charge >= 0.3 is 6.03 Å². The Balaban J connectivity index is 1.58. The van der Waals surface area contributed by atoms with Gasteiger partial charge in [0, 0.05) is 36.1 Å². The molecule has 1 saturated heterocycles. The van der Waals surface area contributed by atoms with E-state index in [2.05, 4.69) is 52.4 Å². The third kappa shape index (κ3) is 4.29. The Morgan fingerprint density at radius 1 is 1.11 bits per heavy atom. The normalized spacial score (nSPS) is 19.4. The molecule has 2 amide bonds. The molecule has 0 unspecified atom stereocenters. The van der Waals surface area contributed by atoms with Crippen LogP contribution in [0.3, 0.4) is 0 Å². The summed E-state index contributed by atoms with van der Waals surface area (Å²) in [6.45, 7) is 6.60. The standard InChI is InChI=1S/C29H38N4O2/c1-5-32(6-2)29(34)30-33-25(17-14-20-12-15-21(35-4)16-13-20)24-19-27-22(10-8-18-31(27)3)23-9-7-11-26(33)28(23)24/h7,9,11-13,15-16,22,27H,5-6,8,10,14,17-19H2,1-4H3,(H,30,34)/t22-,27-/m1/s1. The number of urea groups is 1. The largest absolute Gasteiger partial charge is 0.497 e. The number of benzene rings is 2. The number of carbonyl (C=O) groups excluding carboxylic acids is 1. The maximum Gasteiger partial charge on any atom is 0.336 e. The lowest BCUT2D eigenvalue weighted by Gasteiger charge is -2.42. The number of nitrogens with one attached hydrogen (secondary N) is 1. The second-order valence-corrected chi connectivity index (χ2v) is 9.94. The highest BCUT2D eigenvalue weighted by molar-refractivity contribution is 5.93. The van der Waals surface area contributed by atoms with Crippen molar-refractivity contribution in [1.29, 1.82) is 0 Å². The molecule has 1 aliphatic heterocycles. The Morgan fingerprint density at radius 2 is 1.89 bits per heavy atom. The number of likely N-dealkylation sites (tertiary alicyclic amines) is 1. The second kappa shape index (κ2) is 9.94. The summed E-state index contributed by atoms with van der Waals surface area (Å²) in [5.41, 5.74) is 9.80. The van der Waals surface area contributed by atoms with E-state index in [4.69, 9.17) is 4.74 Å². The molecule has 35 heavy (non-hydrogen) atoms. The average molecular weight is 475 g/mol. The van der Waals surface area contributed by atoms with Crippen molar-refractivity contribution in [2.75, 3.05) is 39.2 Å². The maximum atomic E-state index is 13.2. The third-order valence-electron chi connectivity index (χ3n) is 8.17. The van der Waals surface area contributed by atoms with Crippen molar-refractivity contribution in [2.45, 2.75) is 57.9 Å². The predicted molar refractivity (Wildman–Crippen MR) is 142 cm³/mol. The van der Waals surface area contributed by atoms with Crippen LogP contribution in [0.25, 0.3) is 10.9 Å². The van der Waals surface area contributed by atoms with E-state index >= 15 is 0 Å². The summed E-state index contributed by atoms with van der Waals surface area (Å²) in [7, 11) is 3.97. The summed E-state index contributed by atoms with van der Waals surface area (Å²) in [5.74, 6) is 1.44. The summed E-state index contributed by atoms with van der Waals surface area (Å²) >= 11 is 0. The van der Waals surface area contributed by atoms with Crippen LogP contribution in [0.5, 0.6) is 5.75 Å². The van der Waals surface area contributed by atoms with Crippen molar-refractivity contribution in [3.63, 3.8) is 0 Å². The van der Waals surface area contributed by atoms with Gasteiger partial charge in [0.05, 0.1) is 12.6 Å². The Labute approximate surface area is 208 Å². The minimum atomic E-state index is -0.0386. The van der Waals surface area contributed by atoms with Gasteiger partial charge in [-0.3, -0.25) is 4.68 Å². The molecule has 6 heteroatoms. The number of hydrogen-bond acceptors (Lipinski definition) is 3. The minimum Gasteiger partial charge on any atom is -0.497 e. The van der Waals surface area contributed by atoms with E-state index in [1.165, 1.54) is 40.6 Å². The molecule has 2 heterocycles. The van der Waals surface area contributed by atoms with Crippen molar-refractivity contribution in [1.82, 2.24) is 14.5 Å². The topological polar surface area (TPSA) is 49.7 Å². The van der Waals surface area contributed by atoms with Crippen LogP contribution in [0, 0.1) is 0 Å². The highest BCUT2D eigenvalue weighted by Crippen LogP contribution is 2.45. The molecule has 5 rings (SSSR count). The molecule has 0 bridgehead atoms. The number of methoxy groups -OCH3 is 1. The fourth-order valence-corrected chi connectivity index (χ4v) is 6.24. The fraction of sp³-hybridized carbons (Fsp3) is 0.483. The molecule has 6 nitrogen and oxygen atoms in total. The summed E-state index contributed by atoms with van der Waals surface area (Å²) in [6, 6.07) is 15.5. The molecule has 1 N–H and O–H groups in total. The summed E-state index contributed by atoms with van der Waals surface area (Å²) in [5, 5.41) is 1.37. The van der Waals surface area contributed by atoms with Crippen molar-refractivity contribution < 1.29 is 9.53 Å². The van der Waals surface area contributed by atoms with Crippen LogP contribution < -0.4 is 10.2 Å². The minimum absolute atomic E-state index is 0.0386. The van der Waals surface area contributed by atoms with E-state index in [-0.39, 0.29) is 6.03 Å². The van der Waals surface area contributed by atoms with Gasteiger partial charge in [-0.1, -0.05) is 24.3 Å². The lowest BCUT2D eigenvalue weighted by molar-refractivity contribution is 0.157. The highest BCUT2D eigenvalue weighted by atomic mass is 16.5. The first-order valence-electron chi connectivity index (χ1n) is 13.1. The molecule has 2 atom stereocenters. The molecular formula is C29H38N4O2. The molecule has 186 valence electrons. The van der Waals surface area contributed by atoms with Gasteiger partial charge in [0.25, 0.3) is 0 Å². The average Bonchev–Trinajstić information content (AvgIpc) is 3.17. The monoisotopic (exact) mass is 474 g/mol. The number of aryl methyl sites for hydroxylation is 1. The second-order valence-electron chi connectivity index (χ2n) is 9.94. The SMILES string of the molecule is CCN(CC)C(=O)Nn1c(CCc2ccc(OC)cc2)c2c3c(cccc31)[C@H]1CCCN(C)[C@@H]1C2. The van der Waals surface area contributed by atoms with Gasteiger partial charge in [-0.2, -0.15) is 0 Å². The van der Waals surface area contributed by atoms with E-state index in [1.54, 1.807) is 7.11 Å². The van der Waals surface area contributed by atoms with E-state index < -0.39 is 0 Å². The maximum absolute atomic E-state index is 13.2. The number of rotatable bonds is 7. The van der Waals surface area contributed by atoms with Crippen LogP contribution in [-0.2, 0) is 19.3 Å². The number of likely N-dealkylation sites (N-methyl/N-ethyl adjacent to an activating group) is 1. The summed E-state index contributed by atoms with van der Waals surface area (Å²) in [6.07, 6.45) is 5.31. The van der Waals surface area contributed by atoms with Gasteiger partial charge in [-0.05, 0) is 94.4 Å². The van der Waals surface area contributed by atoms with Crippen LogP contribution in [0.1, 0.15) is 55.0 Å². The number of hydrogen-bond donors (Lipinski definition) is 1. The first kappa shape index (κ1) is 23.7. The van der Waals surface area contributed by atoms with Crippen LogP contribution in [0.15, 0.2) is 42.5 Å². The van der Waals surface area contributed by atoms with Gasteiger partial charge in [-0.15, -0.1) is 0 Å². The fourth-order valence-electron chi connectivity index (χ4n) is 6.24. The first-order valence-corrected chi connectivity index (χ1v) is 13.1. The number of aromatic nitrogens is 1. The van der Waals surface area contributed by atoms with Gasteiger partial charge in [0.15, 0.2) is 0 Å². The smallest absolute Gasteiger partial charge is 0.336 e. The van der Waals surface area contributed by atoms with E-state index in [0.29, 0.717) is 25.0 Å². The lowest BCUT2D eigenvalue weighted by Crippen LogP contribution is -2.44. The Bertz CT molecular complexity index is 1200. The molecule has 1 aromatic heterocycles. The van der Waals surface area contributed by atoms with Crippen LogP contribution in [-0.4, -0.2) is 60.3 Å². The molecular weight excluding hydrogens is 436 g/mol. The molecule has 0 saturated carbocycles. The number of ether oxygens (including phenoxy) is 1. The third-order valence-corrected chi connectivity index (χ3v) is 8.17. The number of piperidine rings is 1.